The second-order valence-corrected chi connectivity index (χ2v) is 22.0. The number of phosphoric ester groups is 1. The lowest BCUT2D eigenvalue weighted by Gasteiger charge is -2.19. The van der Waals surface area contributed by atoms with Crippen molar-refractivity contribution < 1.29 is 37.6 Å². The van der Waals surface area contributed by atoms with Crippen LogP contribution < -0.4 is 5.73 Å². The largest absolute Gasteiger partial charge is 0.472 e. The molecule has 0 aromatic rings. The summed E-state index contributed by atoms with van der Waals surface area (Å²) >= 11 is 0. The number of phosphoric acid groups is 1. The number of hydrogen-bond donors (Lipinski definition) is 2. The monoisotopic (exact) mass is 998 g/mol. The number of carbonyl (C=O) groups excluding carboxylic acids is 2. The highest BCUT2D eigenvalue weighted by Gasteiger charge is 2.26. The van der Waals surface area contributed by atoms with Gasteiger partial charge in [0.15, 0.2) is 6.10 Å². The third kappa shape index (κ3) is 55.9. The Labute approximate surface area is 428 Å². The summed E-state index contributed by atoms with van der Waals surface area (Å²) in [7, 11) is -4.38. The molecule has 0 aromatic heterocycles. The molecule has 9 nitrogen and oxygen atoms in total. The molecule has 0 amide bonds. The van der Waals surface area contributed by atoms with Crippen LogP contribution in [0, 0.1) is 0 Å². The molecule has 0 bridgehead atoms. The Bertz CT molecular complexity index is 1140. The van der Waals surface area contributed by atoms with Crippen LogP contribution in [0.2, 0.25) is 0 Å². The van der Waals surface area contributed by atoms with Crippen LogP contribution in [0.3, 0.4) is 0 Å². The highest BCUT2D eigenvalue weighted by Crippen LogP contribution is 2.43. The van der Waals surface area contributed by atoms with Gasteiger partial charge in [0.25, 0.3) is 0 Å². The van der Waals surface area contributed by atoms with Crippen molar-refractivity contribution in [2.45, 2.75) is 328 Å². The Morgan fingerprint density at radius 1 is 0.420 bits per heavy atom. The normalized spacial score (nSPS) is 13.0. The SMILES string of the molecule is CCCCCCCC/C=C\CCCCCCCCCCCC(=O)OC(COC(=O)CCCCCCCCCCCCCCCCCCCCCCCCCCCCCCC)COP(=O)(O)OCCN. The van der Waals surface area contributed by atoms with Gasteiger partial charge < -0.3 is 20.1 Å². The van der Waals surface area contributed by atoms with Crippen LogP contribution in [0.15, 0.2) is 12.2 Å². The fourth-order valence-electron chi connectivity index (χ4n) is 9.16. The summed E-state index contributed by atoms with van der Waals surface area (Å²) < 4.78 is 33.1. The van der Waals surface area contributed by atoms with Crippen LogP contribution in [0.25, 0.3) is 0 Å². The Hall–Kier alpha value is -1.25. The van der Waals surface area contributed by atoms with Crippen molar-refractivity contribution in [2.75, 3.05) is 26.4 Å². The summed E-state index contributed by atoms with van der Waals surface area (Å²) in [4.78, 5) is 35.2. The molecule has 0 spiro atoms. The molecule has 0 heterocycles. The van der Waals surface area contributed by atoms with Crippen LogP contribution in [-0.2, 0) is 32.7 Å². The Balaban J connectivity index is 3.86. The summed E-state index contributed by atoms with van der Waals surface area (Å²) in [6.07, 6.45) is 64.2. The van der Waals surface area contributed by atoms with Crippen molar-refractivity contribution in [3.8, 4) is 0 Å². The second-order valence-electron chi connectivity index (χ2n) is 20.6. The molecular weight excluding hydrogens is 882 g/mol. The molecular formula is C59H116NO8P. The second kappa shape index (κ2) is 56.1. The van der Waals surface area contributed by atoms with Crippen molar-refractivity contribution in [1.82, 2.24) is 0 Å². The maximum absolute atomic E-state index is 12.7. The predicted octanol–water partition coefficient (Wildman–Crippen LogP) is 18.9. The lowest BCUT2D eigenvalue weighted by atomic mass is 10.0. The van der Waals surface area contributed by atoms with E-state index in [0.717, 1.165) is 38.5 Å². The van der Waals surface area contributed by atoms with Gasteiger partial charge in [0.2, 0.25) is 0 Å². The van der Waals surface area contributed by atoms with Gasteiger partial charge in [0.1, 0.15) is 6.61 Å². The van der Waals surface area contributed by atoms with Crippen LogP contribution >= 0.6 is 7.82 Å². The lowest BCUT2D eigenvalue weighted by molar-refractivity contribution is -0.161. The van der Waals surface area contributed by atoms with Gasteiger partial charge in [-0.2, -0.15) is 0 Å². The summed E-state index contributed by atoms with van der Waals surface area (Å²) in [6.45, 7) is 3.80. The molecule has 0 fully saturated rings. The number of unbranched alkanes of at least 4 members (excludes halogenated alkanes) is 43. The van der Waals surface area contributed by atoms with Gasteiger partial charge in [-0.1, -0.05) is 283 Å². The van der Waals surface area contributed by atoms with Gasteiger partial charge >= 0.3 is 19.8 Å². The summed E-state index contributed by atoms with van der Waals surface area (Å²) in [5.41, 5.74) is 5.38. The number of esters is 2. The third-order valence-electron chi connectivity index (χ3n) is 13.7. The molecule has 0 rings (SSSR count). The standard InChI is InChI=1S/C59H116NO8P/c1-3-5-7-9-11-13-15-17-19-21-23-24-25-26-27-28-29-30-31-32-34-35-37-39-41-43-45-47-49-51-58(61)65-55-57(56-67-69(63,64)66-54-53-60)68-59(62)52-50-48-46-44-42-40-38-36-33-22-20-18-16-14-12-10-8-6-4-2/h18,20,57H,3-17,19,21-56,60H2,1-2H3,(H,63,64)/b20-18-. The minimum Gasteiger partial charge on any atom is -0.462 e. The molecule has 69 heavy (non-hydrogen) atoms. The topological polar surface area (TPSA) is 134 Å². The number of nitrogens with two attached hydrogens (primary N) is 1. The first kappa shape index (κ1) is 67.8. The molecule has 3 N–H and O–H groups in total. The first-order valence-corrected chi connectivity index (χ1v) is 31.7. The summed E-state index contributed by atoms with van der Waals surface area (Å²) in [5, 5.41) is 0. The van der Waals surface area contributed by atoms with E-state index in [4.69, 9.17) is 24.3 Å². The molecule has 410 valence electrons. The predicted molar refractivity (Wildman–Crippen MR) is 294 cm³/mol. The van der Waals surface area contributed by atoms with Crippen molar-refractivity contribution >= 4 is 19.8 Å². The van der Waals surface area contributed by atoms with Crippen LogP contribution in [0.1, 0.15) is 322 Å². The highest BCUT2D eigenvalue weighted by atomic mass is 31.2. The average molecular weight is 999 g/mol. The molecule has 10 heteroatoms. The first-order valence-electron chi connectivity index (χ1n) is 30.2. The van der Waals surface area contributed by atoms with Gasteiger partial charge in [-0.15, -0.1) is 0 Å². The maximum atomic E-state index is 12.7. The minimum atomic E-state index is -4.38. The van der Waals surface area contributed by atoms with Gasteiger partial charge in [-0.05, 0) is 38.5 Å². The molecule has 0 saturated heterocycles. The summed E-state index contributed by atoms with van der Waals surface area (Å²) in [5.74, 6) is -0.810. The molecule has 0 aliphatic rings. The summed E-state index contributed by atoms with van der Waals surface area (Å²) in [6, 6.07) is 0. The van der Waals surface area contributed by atoms with E-state index in [1.807, 2.05) is 0 Å². The van der Waals surface area contributed by atoms with Crippen LogP contribution in [-0.4, -0.2) is 49.3 Å². The van der Waals surface area contributed by atoms with Crippen molar-refractivity contribution in [3.63, 3.8) is 0 Å². The number of allylic oxidation sites excluding steroid dienone is 2. The zero-order valence-corrected chi connectivity index (χ0v) is 46.7. The van der Waals surface area contributed by atoms with Crippen LogP contribution in [0.5, 0.6) is 0 Å². The van der Waals surface area contributed by atoms with Gasteiger partial charge in [0.05, 0.1) is 13.2 Å². The number of rotatable bonds is 58. The molecule has 2 atom stereocenters. The highest BCUT2D eigenvalue weighted by molar-refractivity contribution is 7.47. The quantitative estimate of drug-likeness (QED) is 0.0264. The van der Waals surface area contributed by atoms with E-state index in [2.05, 4.69) is 26.0 Å². The zero-order valence-electron chi connectivity index (χ0n) is 45.8. The molecule has 0 aromatic carbocycles. The van der Waals surface area contributed by atoms with E-state index in [0.29, 0.717) is 6.42 Å². The third-order valence-corrected chi connectivity index (χ3v) is 14.6. The molecule has 0 saturated carbocycles. The van der Waals surface area contributed by atoms with E-state index < -0.39 is 26.5 Å². The Morgan fingerprint density at radius 3 is 1.03 bits per heavy atom. The average Bonchev–Trinajstić information content (AvgIpc) is 3.34. The zero-order chi connectivity index (χ0) is 50.2. The molecule has 0 radical (unpaired) electrons. The van der Waals surface area contributed by atoms with Crippen molar-refractivity contribution in [3.05, 3.63) is 12.2 Å². The molecule has 0 aliphatic carbocycles. The van der Waals surface area contributed by atoms with E-state index in [1.165, 1.54) is 250 Å². The first-order chi connectivity index (χ1) is 33.8. The number of hydrogen-bond acceptors (Lipinski definition) is 8. The minimum absolute atomic E-state index is 0.0564. The van der Waals surface area contributed by atoms with Gasteiger partial charge in [-0.3, -0.25) is 18.6 Å². The van der Waals surface area contributed by atoms with E-state index in [1.54, 1.807) is 0 Å². The fourth-order valence-corrected chi connectivity index (χ4v) is 9.93. The number of ether oxygens (including phenoxy) is 2. The Kier molecular flexibility index (Phi) is 55.0. The molecule has 2 unspecified atom stereocenters. The lowest BCUT2D eigenvalue weighted by Crippen LogP contribution is -2.29. The van der Waals surface area contributed by atoms with E-state index >= 15 is 0 Å². The van der Waals surface area contributed by atoms with Gasteiger partial charge in [0, 0.05) is 19.4 Å². The smallest absolute Gasteiger partial charge is 0.462 e. The Morgan fingerprint density at radius 2 is 0.710 bits per heavy atom. The number of carbonyl (C=O) groups is 2. The molecule has 0 aliphatic heterocycles. The maximum Gasteiger partial charge on any atom is 0.472 e. The van der Waals surface area contributed by atoms with E-state index in [-0.39, 0.29) is 38.6 Å². The van der Waals surface area contributed by atoms with Gasteiger partial charge in [-0.25, -0.2) is 4.57 Å². The van der Waals surface area contributed by atoms with Crippen molar-refractivity contribution in [1.29, 1.82) is 0 Å². The van der Waals surface area contributed by atoms with Crippen molar-refractivity contribution in [2.24, 2.45) is 5.73 Å². The fraction of sp³-hybridized carbons (Fsp3) is 0.932. The van der Waals surface area contributed by atoms with E-state index in [9.17, 15) is 19.0 Å². The van der Waals surface area contributed by atoms with Crippen LogP contribution in [0.4, 0.5) is 0 Å².